The number of aromatic nitrogens is 2. The van der Waals surface area contributed by atoms with E-state index in [9.17, 15) is 9.59 Å². The molecule has 4 rings (SSSR count). The number of hydrogen-bond acceptors (Lipinski definition) is 4. The number of nitrogens with one attached hydrogen (secondary N) is 1. The standard InChI is InChI=1S/C21H32N4O3/c1-21(2,3)25-18(14-6-7-14)10-17(23-25)20(28)22-15-8-16(9-15)24(12-19(26)27)11-13-4-5-13/h10,13-16H,4-9,11-12H2,1-3H3,(H,22,28)(H,26,27). The minimum Gasteiger partial charge on any atom is -0.480 e. The molecule has 0 unspecified atom stereocenters. The minimum atomic E-state index is -0.770. The Kier molecular flexibility index (Phi) is 4.98. The number of hydrogen-bond donors (Lipinski definition) is 2. The van der Waals surface area contributed by atoms with Crippen molar-refractivity contribution in [3.05, 3.63) is 17.5 Å². The fourth-order valence-corrected chi connectivity index (χ4v) is 4.13. The van der Waals surface area contributed by atoms with Crippen molar-refractivity contribution in [1.82, 2.24) is 20.0 Å². The van der Waals surface area contributed by atoms with Crippen LogP contribution >= 0.6 is 0 Å². The van der Waals surface area contributed by atoms with E-state index in [2.05, 4.69) is 36.1 Å². The number of carbonyl (C=O) groups is 2. The molecule has 0 aliphatic heterocycles. The van der Waals surface area contributed by atoms with E-state index in [1.165, 1.54) is 31.4 Å². The van der Waals surface area contributed by atoms with E-state index in [1.54, 1.807) is 0 Å². The summed E-state index contributed by atoms with van der Waals surface area (Å²) in [6.45, 7) is 7.31. The fraction of sp³-hybridized carbons (Fsp3) is 0.762. The van der Waals surface area contributed by atoms with E-state index in [0.717, 1.165) is 19.4 Å². The summed E-state index contributed by atoms with van der Waals surface area (Å²) in [7, 11) is 0. The molecule has 3 aliphatic carbocycles. The third-order valence-electron chi connectivity index (χ3n) is 6.09. The number of aliphatic carboxylic acids is 1. The van der Waals surface area contributed by atoms with Crippen molar-refractivity contribution < 1.29 is 14.7 Å². The molecule has 7 nitrogen and oxygen atoms in total. The Balaban J connectivity index is 1.34. The highest BCUT2D eigenvalue weighted by Gasteiger charge is 2.38. The van der Waals surface area contributed by atoms with Gasteiger partial charge in [0.2, 0.25) is 0 Å². The highest BCUT2D eigenvalue weighted by molar-refractivity contribution is 5.92. The van der Waals surface area contributed by atoms with Gasteiger partial charge in [-0.05, 0) is 71.3 Å². The second-order valence-electron chi connectivity index (χ2n) is 9.87. The lowest BCUT2D eigenvalue weighted by molar-refractivity contribution is -0.139. The normalized spacial score (nSPS) is 24.9. The smallest absolute Gasteiger partial charge is 0.317 e. The Morgan fingerprint density at radius 1 is 1.25 bits per heavy atom. The summed E-state index contributed by atoms with van der Waals surface area (Å²) in [5, 5.41) is 16.9. The number of carbonyl (C=O) groups excluding carboxylic acids is 1. The lowest BCUT2D eigenvalue weighted by atomic mass is 9.85. The van der Waals surface area contributed by atoms with E-state index in [4.69, 9.17) is 5.11 Å². The number of amides is 1. The van der Waals surface area contributed by atoms with Crippen LogP contribution in [0.15, 0.2) is 6.07 Å². The molecule has 0 saturated heterocycles. The molecule has 1 aromatic heterocycles. The van der Waals surface area contributed by atoms with Gasteiger partial charge in [0.05, 0.1) is 12.1 Å². The minimum absolute atomic E-state index is 0.0998. The molecule has 28 heavy (non-hydrogen) atoms. The highest BCUT2D eigenvalue weighted by Crippen LogP contribution is 2.41. The SMILES string of the molecule is CC(C)(C)n1nc(C(=O)NC2CC(N(CC(=O)O)CC3CC3)C2)cc1C1CC1. The van der Waals surface area contributed by atoms with Crippen LogP contribution in [0, 0.1) is 5.92 Å². The van der Waals surface area contributed by atoms with Crippen molar-refractivity contribution in [2.24, 2.45) is 5.92 Å². The number of rotatable bonds is 8. The molecule has 0 spiro atoms. The van der Waals surface area contributed by atoms with E-state index in [1.807, 2.05) is 10.7 Å². The summed E-state index contributed by atoms with van der Waals surface area (Å²) in [4.78, 5) is 26.0. The van der Waals surface area contributed by atoms with Crippen LogP contribution < -0.4 is 5.32 Å². The molecule has 0 bridgehead atoms. The third-order valence-corrected chi connectivity index (χ3v) is 6.09. The molecule has 1 amide bonds. The molecule has 1 aromatic rings. The van der Waals surface area contributed by atoms with Gasteiger partial charge >= 0.3 is 5.97 Å². The molecular weight excluding hydrogens is 356 g/mol. The number of carboxylic acids is 1. The molecule has 7 heteroatoms. The molecule has 154 valence electrons. The van der Waals surface area contributed by atoms with Crippen LogP contribution in [0.3, 0.4) is 0 Å². The topological polar surface area (TPSA) is 87.5 Å². The number of nitrogens with zero attached hydrogens (tertiary/aromatic N) is 3. The third kappa shape index (κ3) is 4.40. The van der Waals surface area contributed by atoms with E-state index < -0.39 is 5.97 Å². The van der Waals surface area contributed by atoms with Crippen molar-refractivity contribution in [1.29, 1.82) is 0 Å². The van der Waals surface area contributed by atoms with Crippen LogP contribution in [-0.2, 0) is 10.3 Å². The lowest BCUT2D eigenvalue weighted by Gasteiger charge is -2.42. The average molecular weight is 389 g/mol. The van der Waals surface area contributed by atoms with Crippen molar-refractivity contribution in [2.45, 2.75) is 82.8 Å². The maximum absolute atomic E-state index is 12.7. The lowest BCUT2D eigenvalue weighted by Crippen LogP contribution is -2.55. The zero-order chi connectivity index (χ0) is 20.1. The molecule has 0 radical (unpaired) electrons. The average Bonchev–Trinajstić information content (AvgIpc) is 3.48. The first kappa shape index (κ1) is 19.4. The Bertz CT molecular complexity index is 752. The van der Waals surface area contributed by atoms with Gasteiger partial charge in [-0.15, -0.1) is 0 Å². The molecule has 3 saturated carbocycles. The van der Waals surface area contributed by atoms with Crippen molar-refractivity contribution in [3.63, 3.8) is 0 Å². The fourth-order valence-electron chi connectivity index (χ4n) is 4.13. The number of carboxylic acid groups (broad SMARTS) is 1. The second-order valence-corrected chi connectivity index (χ2v) is 9.87. The van der Waals surface area contributed by atoms with Crippen LogP contribution in [-0.4, -0.2) is 56.8 Å². The Morgan fingerprint density at radius 2 is 1.93 bits per heavy atom. The van der Waals surface area contributed by atoms with Crippen molar-refractivity contribution in [2.75, 3.05) is 13.1 Å². The van der Waals surface area contributed by atoms with E-state index in [0.29, 0.717) is 17.5 Å². The van der Waals surface area contributed by atoms with Gasteiger partial charge in [-0.1, -0.05) is 0 Å². The van der Waals surface area contributed by atoms with Crippen LogP contribution in [0.5, 0.6) is 0 Å². The van der Waals surface area contributed by atoms with Gasteiger partial charge in [-0.2, -0.15) is 5.10 Å². The van der Waals surface area contributed by atoms with Gasteiger partial charge < -0.3 is 10.4 Å². The summed E-state index contributed by atoms with van der Waals surface area (Å²) < 4.78 is 2.01. The predicted octanol–water partition coefficient (Wildman–Crippen LogP) is 2.57. The van der Waals surface area contributed by atoms with Gasteiger partial charge in [0.25, 0.3) is 5.91 Å². The summed E-state index contributed by atoms with van der Waals surface area (Å²) in [5.41, 5.74) is 1.53. The highest BCUT2D eigenvalue weighted by atomic mass is 16.4. The first-order valence-electron chi connectivity index (χ1n) is 10.6. The second kappa shape index (κ2) is 7.17. The molecular formula is C21H32N4O3. The summed E-state index contributed by atoms with van der Waals surface area (Å²) in [6, 6.07) is 2.33. The van der Waals surface area contributed by atoms with Gasteiger partial charge in [-0.3, -0.25) is 19.2 Å². The molecule has 0 atom stereocenters. The van der Waals surface area contributed by atoms with Crippen molar-refractivity contribution in [3.8, 4) is 0 Å². The maximum Gasteiger partial charge on any atom is 0.317 e. The van der Waals surface area contributed by atoms with Crippen LogP contribution in [0.2, 0.25) is 0 Å². The Morgan fingerprint density at radius 3 is 2.46 bits per heavy atom. The van der Waals surface area contributed by atoms with Gasteiger partial charge in [-0.25, -0.2) is 0 Å². The van der Waals surface area contributed by atoms with Gasteiger partial charge in [0.1, 0.15) is 5.69 Å². The van der Waals surface area contributed by atoms with E-state index in [-0.39, 0.29) is 30.1 Å². The van der Waals surface area contributed by atoms with Crippen molar-refractivity contribution >= 4 is 11.9 Å². The predicted molar refractivity (Wildman–Crippen MR) is 105 cm³/mol. The summed E-state index contributed by atoms with van der Waals surface area (Å²) in [5.74, 6) is 0.317. The van der Waals surface area contributed by atoms with Crippen LogP contribution in [0.1, 0.15) is 81.4 Å². The van der Waals surface area contributed by atoms with Gasteiger partial charge in [0.15, 0.2) is 0 Å². The summed E-state index contributed by atoms with van der Waals surface area (Å²) in [6.07, 6.45) is 6.41. The molecule has 3 fully saturated rings. The van der Waals surface area contributed by atoms with E-state index >= 15 is 0 Å². The molecule has 2 N–H and O–H groups in total. The maximum atomic E-state index is 12.7. The quantitative estimate of drug-likeness (QED) is 0.715. The summed E-state index contributed by atoms with van der Waals surface area (Å²) >= 11 is 0. The molecule has 1 heterocycles. The first-order chi connectivity index (χ1) is 13.2. The zero-order valence-electron chi connectivity index (χ0n) is 17.1. The van der Waals surface area contributed by atoms with Crippen LogP contribution in [0.4, 0.5) is 0 Å². The monoisotopic (exact) mass is 388 g/mol. The zero-order valence-corrected chi connectivity index (χ0v) is 17.1. The Labute approximate surface area is 166 Å². The molecule has 3 aliphatic rings. The van der Waals surface area contributed by atoms with Crippen LogP contribution in [0.25, 0.3) is 0 Å². The first-order valence-corrected chi connectivity index (χ1v) is 10.6. The van der Waals surface area contributed by atoms with Gasteiger partial charge in [0, 0.05) is 30.2 Å². The largest absolute Gasteiger partial charge is 0.480 e. The molecule has 0 aromatic carbocycles. The Hall–Kier alpha value is -1.89.